The maximum absolute atomic E-state index is 12.4. The number of aromatic hydroxyl groups is 1. The number of phenolic OH excluding ortho intramolecular Hbond substituents is 1. The molecule has 27 heavy (non-hydrogen) atoms. The fraction of sp³-hybridized carbons (Fsp3) is 0.348. The van der Waals surface area contributed by atoms with Gasteiger partial charge in [0.05, 0.1) is 5.57 Å². The predicted molar refractivity (Wildman–Crippen MR) is 113 cm³/mol. The third-order valence-corrected chi connectivity index (χ3v) is 5.38. The highest BCUT2D eigenvalue weighted by Gasteiger charge is 2.25. The molecule has 2 N–H and O–H groups in total. The van der Waals surface area contributed by atoms with Crippen molar-refractivity contribution < 1.29 is 15.0 Å². The minimum Gasteiger partial charge on any atom is -0.512 e. The number of hydrogen-bond donors (Lipinski definition) is 2. The Hall–Kier alpha value is -2.20. The molecule has 0 heterocycles. The first-order chi connectivity index (χ1) is 12.8. The van der Waals surface area contributed by atoms with E-state index in [9.17, 15) is 15.0 Å². The minimum absolute atomic E-state index is 0.0166. The summed E-state index contributed by atoms with van der Waals surface area (Å²) < 4.78 is 0. The number of carbonyl (C=O) groups is 1. The second-order valence-corrected chi connectivity index (χ2v) is 8.35. The predicted octanol–water partition coefficient (Wildman–Crippen LogP) is 6.13. The molecule has 0 radical (unpaired) electrons. The van der Waals surface area contributed by atoms with E-state index in [0.717, 1.165) is 22.6 Å². The second kappa shape index (κ2) is 10.2. The molecule has 1 atom stereocenters. The van der Waals surface area contributed by atoms with Crippen molar-refractivity contribution in [1.29, 1.82) is 0 Å². The van der Waals surface area contributed by atoms with Gasteiger partial charge in [0, 0.05) is 17.7 Å². The van der Waals surface area contributed by atoms with Gasteiger partial charge in [0.1, 0.15) is 11.5 Å². The largest absolute Gasteiger partial charge is 0.512 e. The molecule has 0 spiro atoms. The van der Waals surface area contributed by atoms with Crippen LogP contribution in [0.25, 0.3) is 0 Å². The van der Waals surface area contributed by atoms with Crippen molar-refractivity contribution in [3.05, 3.63) is 71.0 Å². The van der Waals surface area contributed by atoms with E-state index in [1.54, 1.807) is 30.0 Å². The molecule has 1 aliphatic carbocycles. The van der Waals surface area contributed by atoms with Gasteiger partial charge in [-0.3, -0.25) is 4.79 Å². The number of aliphatic hydroxyl groups is 1. The average molecular weight is 385 g/mol. The summed E-state index contributed by atoms with van der Waals surface area (Å²) in [4.78, 5) is 13.5. The fourth-order valence-electron chi connectivity index (χ4n) is 3.07. The number of carbonyl (C=O) groups excluding carboxylic acids is 1. The second-order valence-electron chi connectivity index (χ2n) is 7.18. The van der Waals surface area contributed by atoms with Crippen LogP contribution in [-0.4, -0.2) is 21.7 Å². The molecule has 1 unspecified atom stereocenters. The molecule has 0 fully saturated rings. The molecule has 1 aromatic rings. The third kappa shape index (κ3) is 7.14. The lowest BCUT2D eigenvalue weighted by atomic mass is 9.85. The van der Waals surface area contributed by atoms with Crippen LogP contribution in [0.15, 0.2) is 75.9 Å². The molecule has 1 aliphatic rings. The van der Waals surface area contributed by atoms with Crippen LogP contribution < -0.4 is 0 Å². The number of ketones is 1. The lowest BCUT2D eigenvalue weighted by Crippen LogP contribution is -2.19. The maximum atomic E-state index is 12.4. The monoisotopic (exact) mass is 384 g/mol. The van der Waals surface area contributed by atoms with Crippen LogP contribution >= 0.6 is 11.8 Å². The van der Waals surface area contributed by atoms with Crippen LogP contribution in [0.4, 0.5) is 0 Å². The number of thioether (sulfide) groups is 1. The molecular weight excluding hydrogens is 356 g/mol. The summed E-state index contributed by atoms with van der Waals surface area (Å²) in [7, 11) is 0. The number of rotatable bonds is 7. The number of hydrogen-bond acceptors (Lipinski definition) is 4. The van der Waals surface area contributed by atoms with E-state index in [4.69, 9.17) is 0 Å². The number of phenols is 1. The molecule has 0 aromatic heterocycles. The Morgan fingerprint density at radius 1 is 1.15 bits per heavy atom. The first-order valence-corrected chi connectivity index (χ1v) is 10.2. The summed E-state index contributed by atoms with van der Waals surface area (Å²) in [5.41, 5.74) is 2.78. The molecule has 0 bridgehead atoms. The van der Waals surface area contributed by atoms with Crippen molar-refractivity contribution in [2.75, 3.05) is 5.75 Å². The van der Waals surface area contributed by atoms with E-state index >= 15 is 0 Å². The van der Waals surface area contributed by atoms with E-state index in [0.29, 0.717) is 18.4 Å². The van der Waals surface area contributed by atoms with Gasteiger partial charge in [0.2, 0.25) is 0 Å². The van der Waals surface area contributed by atoms with Crippen LogP contribution in [-0.2, 0) is 4.79 Å². The first kappa shape index (κ1) is 21.1. The lowest BCUT2D eigenvalue weighted by Gasteiger charge is -2.22. The number of aliphatic hydroxyl groups excluding tert-OH is 1. The van der Waals surface area contributed by atoms with Gasteiger partial charge >= 0.3 is 0 Å². The minimum atomic E-state index is 0.0166. The average Bonchev–Trinajstić information content (AvgIpc) is 2.58. The number of Topliss-reactive ketones (excluding diaryl/α,β-unsaturated/α-hetero) is 1. The van der Waals surface area contributed by atoms with Crippen molar-refractivity contribution in [2.45, 2.75) is 44.9 Å². The summed E-state index contributed by atoms with van der Waals surface area (Å²) in [6.45, 7) is 6.09. The third-order valence-electron chi connectivity index (χ3n) is 4.34. The normalized spacial score (nSPS) is 18.3. The van der Waals surface area contributed by atoms with Crippen LogP contribution in [0.5, 0.6) is 5.75 Å². The van der Waals surface area contributed by atoms with Crippen LogP contribution in [0.2, 0.25) is 0 Å². The summed E-state index contributed by atoms with van der Waals surface area (Å²) in [5.74, 6) is 1.55. The topological polar surface area (TPSA) is 57.5 Å². The Balaban J connectivity index is 1.90. The van der Waals surface area contributed by atoms with E-state index < -0.39 is 0 Å². The molecule has 4 heteroatoms. The Kier molecular flexibility index (Phi) is 7.99. The Bertz CT molecular complexity index is 778. The van der Waals surface area contributed by atoms with E-state index in [-0.39, 0.29) is 23.2 Å². The van der Waals surface area contributed by atoms with Crippen LogP contribution in [0.1, 0.15) is 40.0 Å². The maximum Gasteiger partial charge on any atom is 0.166 e. The van der Waals surface area contributed by atoms with Crippen molar-refractivity contribution in [3.8, 4) is 5.75 Å². The van der Waals surface area contributed by atoms with Crippen molar-refractivity contribution in [1.82, 2.24) is 0 Å². The van der Waals surface area contributed by atoms with E-state index in [1.807, 2.05) is 45.1 Å². The number of allylic oxidation sites excluding steroid dienone is 8. The Labute approximate surface area is 166 Å². The molecule has 144 valence electrons. The van der Waals surface area contributed by atoms with E-state index in [2.05, 4.69) is 6.08 Å². The molecule has 0 saturated heterocycles. The molecule has 0 saturated carbocycles. The molecule has 2 rings (SSSR count). The summed E-state index contributed by atoms with van der Waals surface area (Å²) in [6.07, 6.45) is 9.48. The smallest absolute Gasteiger partial charge is 0.166 e. The van der Waals surface area contributed by atoms with E-state index in [1.165, 1.54) is 5.57 Å². The van der Waals surface area contributed by atoms with Gasteiger partial charge in [-0.05, 0) is 69.2 Å². The zero-order valence-electron chi connectivity index (χ0n) is 16.2. The van der Waals surface area contributed by atoms with Gasteiger partial charge in [-0.25, -0.2) is 0 Å². The van der Waals surface area contributed by atoms with Crippen LogP contribution in [0, 0.1) is 5.92 Å². The van der Waals surface area contributed by atoms with Gasteiger partial charge in [-0.15, -0.1) is 11.8 Å². The molecule has 0 aliphatic heterocycles. The van der Waals surface area contributed by atoms with Crippen LogP contribution in [0.3, 0.4) is 0 Å². The molecular formula is C23H28O3S. The van der Waals surface area contributed by atoms with Gasteiger partial charge in [-0.1, -0.05) is 29.4 Å². The van der Waals surface area contributed by atoms with Gasteiger partial charge in [0.15, 0.2) is 5.78 Å². The van der Waals surface area contributed by atoms with Crippen molar-refractivity contribution in [3.63, 3.8) is 0 Å². The van der Waals surface area contributed by atoms with Crippen molar-refractivity contribution >= 4 is 17.5 Å². The highest BCUT2D eigenvalue weighted by molar-refractivity contribution is 7.99. The van der Waals surface area contributed by atoms with Crippen molar-refractivity contribution in [2.24, 2.45) is 5.92 Å². The standard InChI is InChI=1S/C23H28O3S/c1-16(2)13-17(3)5-4-6-21-22(25)14-18(15-23(21)26)11-12-27-20-9-7-19(24)8-10-20/h4-10,13,18,24-25H,11-12,14-15H2,1-3H3/b6-4+,17-5-. The lowest BCUT2D eigenvalue weighted by molar-refractivity contribution is -0.117. The highest BCUT2D eigenvalue weighted by Crippen LogP contribution is 2.31. The zero-order chi connectivity index (χ0) is 19.8. The zero-order valence-corrected chi connectivity index (χ0v) is 17.1. The molecule has 0 amide bonds. The molecule has 1 aromatic carbocycles. The quantitative estimate of drug-likeness (QED) is 0.438. The fourth-order valence-corrected chi connectivity index (χ4v) is 4.08. The number of benzene rings is 1. The molecule has 3 nitrogen and oxygen atoms in total. The van der Waals surface area contributed by atoms with Gasteiger partial charge < -0.3 is 10.2 Å². The van der Waals surface area contributed by atoms with Gasteiger partial charge in [-0.2, -0.15) is 0 Å². The summed E-state index contributed by atoms with van der Waals surface area (Å²) in [5, 5.41) is 19.6. The SMILES string of the molecule is CC(C)=C/C(C)=C\C=C\C1=C(O)CC(CCSc2ccc(O)cc2)CC1=O. The summed E-state index contributed by atoms with van der Waals surface area (Å²) in [6, 6.07) is 7.12. The highest BCUT2D eigenvalue weighted by atomic mass is 32.2. The Morgan fingerprint density at radius 2 is 1.85 bits per heavy atom. The van der Waals surface area contributed by atoms with Gasteiger partial charge in [0.25, 0.3) is 0 Å². The Morgan fingerprint density at radius 3 is 2.48 bits per heavy atom. The summed E-state index contributed by atoms with van der Waals surface area (Å²) >= 11 is 1.70. The first-order valence-electron chi connectivity index (χ1n) is 9.22.